The van der Waals surface area contributed by atoms with Crippen LogP contribution in [-0.2, 0) is 11.2 Å². The molecule has 0 bridgehead atoms. The minimum absolute atomic E-state index is 0.153. The van der Waals surface area contributed by atoms with Crippen molar-refractivity contribution in [2.75, 3.05) is 19.0 Å². The molecule has 1 aromatic rings. The van der Waals surface area contributed by atoms with Gasteiger partial charge in [-0.3, -0.25) is 4.79 Å². The van der Waals surface area contributed by atoms with Gasteiger partial charge in [-0.05, 0) is 37.6 Å². The Labute approximate surface area is 108 Å². The van der Waals surface area contributed by atoms with Crippen molar-refractivity contribution >= 4 is 11.6 Å². The van der Waals surface area contributed by atoms with Crippen LogP contribution in [0.1, 0.15) is 30.5 Å². The highest BCUT2D eigenvalue weighted by atomic mass is 16.2. The molecule has 4 heteroatoms. The van der Waals surface area contributed by atoms with E-state index in [9.17, 15) is 4.79 Å². The molecule has 2 atom stereocenters. The fourth-order valence-electron chi connectivity index (χ4n) is 2.50. The largest absolute Gasteiger partial charge is 0.328 e. The minimum Gasteiger partial charge on any atom is -0.328 e. The number of nitrogens with zero attached hydrogens (tertiary/aromatic N) is 1. The average Bonchev–Trinajstić information content (AvgIpc) is 2.61. The zero-order chi connectivity index (χ0) is 13.3. The number of rotatable bonds is 4. The van der Waals surface area contributed by atoms with Crippen molar-refractivity contribution in [1.29, 1.82) is 0 Å². The van der Waals surface area contributed by atoms with Crippen LogP contribution in [0.5, 0.6) is 0 Å². The van der Waals surface area contributed by atoms with Gasteiger partial charge in [-0.25, -0.2) is 0 Å². The average molecular weight is 247 g/mol. The van der Waals surface area contributed by atoms with E-state index in [-0.39, 0.29) is 18.0 Å². The zero-order valence-electron chi connectivity index (χ0n) is 11.2. The molecular weight excluding hydrogens is 226 g/mol. The lowest BCUT2D eigenvalue weighted by molar-refractivity contribution is -0.117. The number of hydrogen-bond acceptors (Lipinski definition) is 3. The van der Waals surface area contributed by atoms with E-state index in [1.807, 2.05) is 27.1 Å². The molecule has 1 aromatic carbocycles. The fraction of sp³-hybridized carbons (Fsp3) is 0.500. The number of benzene rings is 1. The second-order valence-electron chi connectivity index (χ2n) is 5.07. The summed E-state index contributed by atoms with van der Waals surface area (Å²) in [5.74, 6) is 0.162. The maximum absolute atomic E-state index is 11.6. The number of carbonyl (C=O) groups is 1. The van der Waals surface area contributed by atoms with Crippen molar-refractivity contribution < 1.29 is 4.79 Å². The van der Waals surface area contributed by atoms with Crippen LogP contribution in [0, 0.1) is 0 Å². The van der Waals surface area contributed by atoms with E-state index in [1.54, 1.807) is 4.90 Å². The SMILES string of the molecule is CNC(CC(C)N)c1ccc2c(c1)CC(=O)N2C. The summed E-state index contributed by atoms with van der Waals surface area (Å²) in [6.45, 7) is 2.01. The lowest BCUT2D eigenvalue weighted by atomic mass is 9.98. The quantitative estimate of drug-likeness (QED) is 0.840. The molecular formula is C14H21N3O. The number of amides is 1. The molecule has 4 nitrogen and oxygen atoms in total. The van der Waals surface area contributed by atoms with Crippen LogP contribution < -0.4 is 16.0 Å². The lowest BCUT2D eigenvalue weighted by Crippen LogP contribution is -2.25. The van der Waals surface area contributed by atoms with E-state index in [0.29, 0.717) is 6.42 Å². The topological polar surface area (TPSA) is 58.4 Å². The number of carbonyl (C=O) groups excluding carboxylic acids is 1. The van der Waals surface area contributed by atoms with Gasteiger partial charge in [-0.2, -0.15) is 0 Å². The summed E-state index contributed by atoms with van der Waals surface area (Å²) in [6, 6.07) is 6.63. The summed E-state index contributed by atoms with van der Waals surface area (Å²) in [5, 5.41) is 3.28. The van der Waals surface area contributed by atoms with Crippen molar-refractivity contribution in [3.8, 4) is 0 Å². The van der Waals surface area contributed by atoms with Gasteiger partial charge >= 0.3 is 0 Å². The third-order valence-electron chi connectivity index (χ3n) is 3.54. The first-order valence-electron chi connectivity index (χ1n) is 6.35. The van der Waals surface area contributed by atoms with Gasteiger partial charge in [0.1, 0.15) is 0 Å². The second-order valence-corrected chi connectivity index (χ2v) is 5.07. The Balaban J connectivity index is 2.26. The third kappa shape index (κ3) is 2.40. The predicted octanol–water partition coefficient (Wildman–Crippen LogP) is 1.20. The van der Waals surface area contributed by atoms with E-state index < -0.39 is 0 Å². The molecule has 3 N–H and O–H groups in total. The fourth-order valence-corrected chi connectivity index (χ4v) is 2.50. The van der Waals surface area contributed by atoms with Crippen molar-refractivity contribution in [2.24, 2.45) is 5.73 Å². The summed E-state index contributed by atoms with van der Waals surface area (Å²) >= 11 is 0. The van der Waals surface area contributed by atoms with Crippen molar-refractivity contribution in [3.05, 3.63) is 29.3 Å². The molecule has 98 valence electrons. The molecule has 1 aliphatic heterocycles. The minimum atomic E-state index is 0.153. The lowest BCUT2D eigenvalue weighted by Gasteiger charge is -2.20. The first kappa shape index (κ1) is 13.1. The van der Waals surface area contributed by atoms with Gasteiger partial charge in [0.05, 0.1) is 6.42 Å². The smallest absolute Gasteiger partial charge is 0.231 e. The molecule has 0 fully saturated rings. The van der Waals surface area contributed by atoms with Crippen molar-refractivity contribution in [3.63, 3.8) is 0 Å². The summed E-state index contributed by atoms with van der Waals surface area (Å²) < 4.78 is 0. The molecule has 1 heterocycles. The summed E-state index contributed by atoms with van der Waals surface area (Å²) in [5.41, 5.74) is 9.21. The molecule has 2 rings (SSSR count). The highest BCUT2D eigenvalue weighted by Crippen LogP contribution is 2.30. The van der Waals surface area contributed by atoms with Gasteiger partial charge in [-0.15, -0.1) is 0 Å². The van der Waals surface area contributed by atoms with Crippen LogP contribution in [0.15, 0.2) is 18.2 Å². The Morgan fingerprint density at radius 3 is 2.83 bits per heavy atom. The van der Waals surface area contributed by atoms with E-state index in [4.69, 9.17) is 5.73 Å². The number of nitrogens with two attached hydrogens (primary N) is 1. The first-order chi connectivity index (χ1) is 8.52. The molecule has 2 unspecified atom stereocenters. The summed E-state index contributed by atoms with van der Waals surface area (Å²) in [4.78, 5) is 13.4. The van der Waals surface area contributed by atoms with Gasteiger partial charge in [0.25, 0.3) is 0 Å². The highest BCUT2D eigenvalue weighted by Gasteiger charge is 2.24. The molecule has 0 radical (unpaired) electrons. The summed E-state index contributed by atoms with van der Waals surface area (Å²) in [6.07, 6.45) is 1.40. The second kappa shape index (κ2) is 5.08. The van der Waals surface area contributed by atoms with Crippen molar-refractivity contribution in [1.82, 2.24) is 5.32 Å². The number of nitrogens with one attached hydrogen (secondary N) is 1. The molecule has 1 amide bonds. The Morgan fingerprint density at radius 2 is 2.22 bits per heavy atom. The van der Waals surface area contributed by atoms with E-state index in [0.717, 1.165) is 17.7 Å². The maximum Gasteiger partial charge on any atom is 0.231 e. The molecule has 0 spiro atoms. The Hall–Kier alpha value is -1.39. The van der Waals surface area contributed by atoms with Crippen LogP contribution >= 0.6 is 0 Å². The van der Waals surface area contributed by atoms with Crippen LogP contribution in [0.3, 0.4) is 0 Å². The zero-order valence-corrected chi connectivity index (χ0v) is 11.2. The number of likely N-dealkylation sites (N-methyl/N-ethyl adjacent to an activating group) is 1. The first-order valence-corrected chi connectivity index (χ1v) is 6.35. The molecule has 0 saturated carbocycles. The van der Waals surface area contributed by atoms with Crippen LogP contribution in [0.4, 0.5) is 5.69 Å². The number of hydrogen-bond donors (Lipinski definition) is 2. The van der Waals surface area contributed by atoms with E-state index in [1.165, 1.54) is 5.56 Å². The highest BCUT2D eigenvalue weighted by molar-refractivity contribution is 6.00. The van der Waals surface area contributed by atoms with Gasteiger partial charge in [-0.1, -0.05) is 12.1 Å². The van der Waals surface area contributed by atoms with Crippen molar-refractivity contribution in [2.45, 2.75) is 31.8 Å². The maximum atomic E-state index is 11.6. The number of fused-ring (bicyclic) bond motifs is 1. The monoisotopic (exact) mass is 247 g/mol. The van der Waals surface area contributed by atoms with Gasteiger partial charge < -0.3 is 16.0 Å². The van der Waals surface area contributed by atoms with Crippen LogP contribution in [0.2, 0.25) is 0 Å². The molecule has 0 aliphatic carbocycles. The van der Waals surface area contributed by atoms with E-state index >= 15 is 0 Å². The summed E-state index contributed by atoms with van der Waals surface area (Å²) in [7, 11) is 3.77. The van der Waals surface area contributed by atoms with Gasteiger partial charge in [0, 0.05) is 24.8 Å². The van der Waals surface area contributed by atoms with Crippen LogP contribution in [0.25, 0.3) is 0 Å². The Bertz CT molecular complexity index is 456. The molecule has 0 aromatic heterocycles. The van der Waals surface area contributed by atoms with Crippen LogP contribution in [-0.4, -0.2) is 26.0 Å². The standard InChI is InChI=1S/C14H21N3O/c1-9(15)6-12(16-2)10-4-5-13-11(7-10)8-14(18)17(13)3/h4-5,7,9,12,16H,6,8,15H2,1-3H3. The third-order valence-corrected chi connectivity index (χ3v) is 3.54. The molecule has 18 heavy (non-hydrogen) atoms. The Kier molecular flexibility index (Phi) is 3.68. The van der Waals surface area contributed by atoms with E-state index in [2.05, 4.69) is 17.4 Å². The predicted molar refractivity (Wildman–Crippen MR) is 73.6 cm³/mol. The molecule has 0 saturated heterocycles. The normalized spacial score (nSPS) is 17.8. The molecule has 1 aliphatic rings. The van der Waals surface area contributed by atoms with Gasteiger partial charge in [0.2, 0.25) is 5.91 Å². The van der Waals surface area contributed by atoms with Gasteiger partial charge in [0.15, 0.2) is 0 Å². The Morgan fingerprint density at radius 1 is 1.50 bits per heavy atom. The number of anilines is 1.